The summed E-state index contributed by atoms with van der Waals surface area (Å²) < 4.78 is 46.1. The molecular weight excluding hydrogens is 326 g/mol. The van der Waals surface area contributed by atoms with Crippen LogP contribution in [-0.2, 0) is 11.1 Å². The average Bonchev–Trinajstić information content (AvgIpc) is 2.48. The Balaban J connectivity index is 2.31. The topological polar surface area (TPSA) is 82.2 Å². The van der Waals surface area contributed by atoms with E-state index in [1.54, 1.807) is 0 Å². The Labute approximate surface area is 125 Å². The molecule has 1 unspecified atom stereocenters. The summed E-state index contributed by atoms with van der Waals surface area (Å²) in [6.07, 6.45) is 0. The van der Waals surface area contributed by atoms with E-state index in [-0.39, 0.29) is 16.3 Å². The van der Waals surface area contributed by atoms with E-state index in [0.717, 1.165) is 6.07 Å². The molecule has 0 radical (unpaired) electrons. The molecule has 0 aliphatic rings. The van der Waals surface area contributed by atoms with E-state index in [1.165, 1.54) is 24.3 Å². The fourth-order valence-electron chi connectivity index (χ4n) is 1.39. The minimum Gasteiger partial charge on any atom is -0.503 e. The lowest BCUT2D eigenvalue weighted by Gasteiger charge is -2.02. The molecule has 2 rings (SSSR count). The van der Waals surface area contributed by atoms with Gasteiger partial charge in [0.25, 0.3) is 0 Å². The molecule has 1 atom stereocenters. The Bertz CT molecular complexity index is 738. The minimum absolute atomic E-state index is 0.175. The largest absolute Gasteiger partial charge is 0.503 e. The molecule has 0 heterocycles. The molecule has 2 aromatic carbocycles. The minimum atomic E-state index is -2.11. The third-order valence-corrected chi connectivity index (χ3v) is 3.46. The first-order valence-corrected chi connectivity index (χ1v) is 6.87. The van der Waals surface area contributed by atoms with Gasteiger partial charge in [-0.25, -0.2) is 13.0 Å². The normalized spacial score (nSPS) is 12.8. The second-order valence-corrected chi connectivity index (χ2v) is 5.14. The molecule has 0 spiro atoms. The van der Waals surface area contributed by atoms with Gasteiger partial charge in [0.2, 0.25) is 0 Å². The molecule has 9 heteroatoms. The van der Waals surface area contributed by atoms with Gasteiger partial charge in [-0.3, -0.25) is 0 Å². The number of rotatable bonds is 3. The third kappa shape index (κ3) is 3.41. The first-order valence-electron chi connectivity index (χ1n) is 5.39. The number of azo groups is 1. The Hall–Kier alpha value is -1.90. The molecular formula is C12H7ClF2N2O3S. The van der Waals surface area contributed by atoms with Crippen molar-refractivity contribution < 1.29 is 22.6 Å². The summed E-state index contributed by atoms with van der Waals surface area (Å²) in [5.74, 6) is -3.72. The maximum Gasteiger partial charge on any atom is 0.189 e. The van der Waals surface area contributed by atoms with Gasteiger partial charge >= 0.3 is 0 Å². The molecule has 0 saturated heterocycles. The molecule has 0 fully saturated rings. The molecule has 0 aliphatic heterocycles. The number of aromatic hydroxyl groups is 1. The van der Waals surface area contributed by atoms with Crippen LogP contribution in [0, 0.1) is 11.6 Å². The van der Waals surface area contributed by atoms with Crippen LogP contribution >= 0.6 is 11.6 Å². The van der Waals surface area contributed by atoms with Crippen LogP contribution in [0.15, 0.2) is 45.5 Å². The van der Waals surface area contributed by atoms with Gasteiger partial charge in [0.1, 0.15) is 10.7 Å². The van der Waals surface area contributed by atoms with Crippen LogP contribution in [0.4, 0.5) is 20.2 Å². The lowest BCUT2D eigenvalue weighted by molar-refractivity contribution is 0.396. The average molecular weight is 333 g/mol. The van der Waals surface area contributed by atoms with Crippen LogP contribution in [-0.4, -0.2) is 13.9 Å². The lowest BCUT2D eigenvalue weighted by Crippen LogP contribution is -1.86. The van der Waals surface area contributed by atoms with E-state index in [2.05, 4.69) is 10.2 Å². The van der Waals surface area contributed by atoms with Gasteiger partial charge in [-0.15, -0.1) is 5.11 Å². The third-order valence-electron chi connectivity index (χ3n) is 2.43. The van der Waals surface area contributed by atoms with E-state index < -0.39 is 33.5 Å². The maximum absolute atomic E-state index is 13.3. The van der Waals surface area contributed by atoms with Crippen molar-refractivity contribution in [3.05, 3.63) is 47.0 Å². The van der Waals surface area contributed by atoms with Crippen molar-refractivity contribution >= 4 is 34.1 Å². The monoisotopic (exact) mass is 332 g/mol. The van der Waals surface area contributed by atoms with Gasteiger partial charge < -0.3 is 9.66 Å². The Morgan fingerprint density at radius 3 is 2.33 bits per heavy atom. The van der Waals surface area contributed by atoms with E-state index in [9.17, 15) is 13.0 Å². The quantitative estimate of drug-likeness (QED) is 0.499. The van der Waals surface area contributed by atoms with Crippen LogP contribution in [0.3, 0.4) is 0 Å². The van der Waals surface area contributed by atoms with Crippen molar-refractivity contribution in [1.29, 1.82) is 0 Å². The molecule has 0 aliphatic carbocycles. The van der Waals surface area contributed by atoms with Crippen molar-refractivity contribution in [2.75, 3.05) is 0 Å². The Morgan fingerprint density at radius 1 is 1.14 bits per heavy atom. The van der Waals surface area contributed by atoms with E-state index in [4.69, 9.17) is 21.3 Å². The summed E-state index contributed by atoms with van der Waals surface area (Å²) in [5, 5.41) is 15.7. The van der Waals surface area contributed by atoms with Crippen molar-refractivity contribution in [1.82, 2.24) is 0 Å². The summed E-state index contributed by atoms with van der Waals surface area (Å²) in [7, 11) is 0. The van der Waals surface area contributed by atoms with E-state index in [1.807, 2.05) is 0 Å². The maximum atomic E-state index is 13.3. The number of hydrogen-bond donors (Lipinski definition) is 2. The lowest BCUT2D eigenvalue weighted by atomic mass is 10.3. The summed E-state index contributed by atoms with van der Waals surface area (Å²) in [6.45, 7) is 0. The van der Waals surface area contributed by atoms with Gasteiger partial charge in [0.15, 0.2) is 28.5 Å². The van der Waals surface area contributed by atoms with Crippen LogP contribution in [0.25, 0.3) is 0 Å². The number of hydrogen-bond acceptors (Lipinski definition) is 4. The summed E-state index contributed by atoms with van der Waals surface area (Å²) in [6, 6.07) is 6.23. The summed E-state index contributed by atoms with van der Waals surface area (Å²) in [4.78, 5) is 0.175. The molecule has 110 valence electrons. The molecule has 0 amide bonds. The highest BCUT2D eigenvalue weighted by atomic mass is 35.5. The van der Waals surface area contributed by atoms with Crippen molar-refractivity contribution in [2.45, 2.75) is 4.90 Å². The van der Waals surface area contributed by atoms with E-state index >= 15 is 0 Å². The van der Waals surface area contributed by atoms with Crippen LogP contribution < -0.4 is 0 Å². The van der Waals surface area contributed by atoms with Crippen molar-refractivity contribution in [3.8, 4) is 5.75 Å². The molecule has 21 heavy (non-hydrogen) atoms. The first-order chi connectivity index (χ1) is 9.90. The number of halogens is 3. The molecule has 5 nitrogen and oxygen atoms in total. The fraction of sp³-hybridized carbons (Fsp3) is 0. The van der Waals surface area contributed by atoms with Gasteiger partial charge in [0, 0.05) is 6.07 Å². The molecule has 2 N–H and O–H groups in total. The molecule has 0 bridgehead atoms. The highest BCUT2D eigenvalue weighted by Crippen LogP contribution is 2.36. The predicted molar refractivity (Wildman–Crippen MR) is 72.7 cm³/mol. The van der Waals surface area contributed by atoms with Crippen LogP contribution in [0.2, 0.25) is 5.02 Å². The zero-order chi connectivity index (χ0) is 15.6. The van der Waals surface area contributed by atoms with Crippen molar-refractivity contribution in [3.63, 3.8) is 0 Å². The summed E-state index contributed by atoms with van der Waals surface area (Å²) in [5.41, 5.74) is -0.00608. The summed E-state index contributed by atoms with van der Waals surface area (Å²) >= 11 is 3.46. The van der Waals surface area contributed by atoms with Gasteiger partial charge in [-0.2, -0.15) is 5.11 Å². The van der Waals surface area contributed by atoms with Crippen LogP contribution in [0.1, 0.15) is 0 Å². The second kappa shape index (κ2) is 6.25. The highest BCUT2D eigenvalue weighted by molar-refractivity contribution is 7.79. The fourth-order valence-corrected chi connectivity index (χ4v) is 1.94. The smallest absolute Gasteiger partial charge is 0.189 e. The van der Waals surface area contributed by atoms with Gasteiger partial charge in [-0.1, -0.05) is 11.6 Å². The SMILES string of the molecule is O=S(O)c1ccc(N=Nc2cc(F)c(O)c(F)c2Cl)cc1. The van der Waals surface area contributed by atoms with Crippen molar-refractivity contribution in [2.24, 2.45) is 10.2 Å². The van der Waals surface area contributed by atoms with Gasteiger partial charge in [-0.05, 0) is 24.3 Å². The zero-order valence-corrected chi connectivity index (χ0v) is 11.7. The Kier molecular flexibility index (Phi) is 4.61. The number of phenols is 1. The number of nitrogens with zero attached hydrogens (tertiary/aromatic N) is 2. The van der Waals surface area contributed by atoms with Gasteiger partial charge in [0.05, 0.1) is 10.6 Å². The van der Waals surface area contributed by atoms with E-state index in [0.29, 0.717) is 0 Å². The number of benzene rings is 2. The second-order valence-electron chi connectivity index (χ2n) is 3.80. The van der Waals surface area contributed by atoms with Crippen LogP contribution in [0.5, 0.6) is 5.75 Å². The Morgan fingerprint density at radius 2 is 1.76 bits per heavy atom. The molecule has 0 aromatic heterocycles. The zero-order valence-electron chi connectivity index (χ0n) is 10.1. The number of phenolic OH excluding ortho intramolecular Hbond substituents is 1. The first kappa shape index (κ1) is 15.5. The standard InChI is InChI=1S/C12H7ClF2N2O3S/c13-10-9(5-8(14)12(18)11(10)15)17-16-6-1-3-7(4-2-6)21(19)20/h1-5,18H,(H,19,20). The highest BCUT2D eigenvalue weighted by Gasteiger charge is 2.16. The molecule has 2 aromatic rings. The predicted octanol–water partition coefficient (Wildman–Crippen LogP) is 4.32. The molecule has 0 saturated carbocycles.